The quantitative estimate of drug-likeness (QED) is 0.318. The van der Waals surface area contributed by atoms with Gasteiger partial charge >= 0.3 is 23.1 Å². The molecule has 0 saturated heterocycles. The van der Waals surface area contributed by atoms with Crippen molar-refractivity contribution >= 4 is 45.0 Å². The third-order valence-electron chi connectivity index (χ3n) is 0. The second-order valence-electron chi connectivity index (χ2n) is 0. The fourth-order valence-electron chi connectivity index (χ4n) is 0. The first kappa shape index (κ1) is 43.1. The van der Waals surface area contributed by atoms with Gasteiger partial charge in [0, 0.05) is 17.1 Å². The fraction of sp³-hybridized carbons (Fsp3) is 0. The Morgan fingerprint density at radius 2 is 1.00 bits per heavy atom. The van der Waals surface area contributed by atoms with E-state index in [-0.39, 0.29) is 64.9 Å². The summed E-state index contributed by atoms with van der Waals surface area (Å²) in [5.41, 5.74) is 0. The van der Waals surface area contributed by atoms with Gasteiger partial charge in [0.25, 0.3) is 0 Å². The van der Waals surface area contributed by atoms with Crippen molar-refractivity contribution in [2.45, 2.75) is 0 Å². The molecule has 0 heterocycles. The molecule has 28 valence electrons. The Morgan fingerprint density at radius 3 is 1.00 bits per heavy atom. The molecule has 0 rings (SSSR count). The second kappa shape index (κ2) is 22.1. The van der Waals surface area contributed by atoms with Crippen LogP contribution in [0.1, 0.15) is 2.85 Å². The molecule has 0 fully saturated rings. The predicted octanol–water partition coefficient (Wildman–Crippen LogP) is -3.06. The molecule has 0 aromatic heterocycles. The van der Waals surface area contributed by atoms with Gasteiger partial charge in [-0.2, -0.15) is 0 Å². The van der Waals surface area contributed by atoms with Crippen LogP contribution in [0.25, 0.3) is 0 Å². The standard InChI is InChI=1S/Fe.Mg.2H4Si.2H/h;;2*1H4;;/q;+2;;;2*-1. The van der Waals surface area contributed by atoms with E-state index in [4.69, 9.17) is 0 Å². The van der Waals surface area contributed by atoms with E-state index in [0.717, 1.165) is 0 Å². The van der Waals surface area contributed by atoms with E-state index >= 15 is 0 Å². The van der Waals surface area contributed by atoms with Crippen LogP contribution in [0, 0.1) is 0 Å². The van der Waals surface area contributed by atoms with E-state index in [1.54, 1.807) is 0 Å². The zero-order chi connectivity index (χ0) is 0. The summed E-state index contributed by atoms with van der Waals surface area (Å²) < 4.78 is 0. The minimum absolute atomic E-state index is 0. The van der Waals surface area contributed by atoms with Crippen LogP contribution in [-0.4, -0.2) is 45.0 Å². The summed E-state index contributed by atoms with van der Waals surface area (Å²) in [5.74, 6) is 0. The maximum Gasteiger partial charge on any atom is 2.00 e. The zero-order valence-corrected chi connectivity index (χ0v) is 3.58. The van der Waals surface area contributed by atoms with Gasteiger partial charge in [0.2, 0.25) is 0 Å². The van der Waals surface area contributed by atoms with E-state index < -0.39 is 0 Å². The molecule has 0 aliphatic heterocycles. The van der Waals surface area contributed by atoms with Gasteiger partial charge in [0.15, 0.2) is 0 Å². The van der Waals surface area contributed by atoms with Gasteiger partial charge < -0.3 is 2.85 Å². The molecule has 0 atom stereocenters. The summed E-state index contributed by atoms with van der Waals surface area (Å²) in [6.07, 6.45) is 0. The summed E-state index contributed by atoms with van der Waals surface area (Å²) in [6.45, 7) is 0. The Labute approximate surface area is 64.8 Å². The Hall–Kier alpha value is 1.72. The van der Waals surface area contributed by atoms with Crippen molar-refractivity contribution in [1.29, 1.82) is 0 Å². The average Bonchev–Trinajstić information content (AvgIpc) is 0. The van der Waals surface area contributed by atoms with E-state index in [1.165, 1.54) is 0 Å². The van der Waals surface area contributed by atoms with Gasteiger partial charge in [0.1, 0.15) is 0 Å². The Bertz CT molecular complexity index is 11.5. The van der Waals surface area contributed by atoms with E-state index in [2.05, 4.69) is 0 Å². The smallest absolute Gasteiger partial charge is 1.00 e. The summed E-state index contributed by atoms with van der Waals surface area (Å²) in [5, 5.41) is 0. The third-order valence-corrected chi connectivity index (χ3v) is 0. The maximum absolute atomic E-state index is 0. The van der Waals surface area contributed by atoms with Gasteiger partial charge in [-0.05, 0) is 21.9 Å². The monoisotopic (exact) mass is 146 g/mol. The van der Waals surface area contributed by atoms with Crippen LogP contribution in [0.15, 0.2) is 0 Å². The molecule has 0 amide bonds. The van der Waals surface area contributed by atoms with E-state index in [1.807, 2.05) is 0 Å². The van der Waals surface area contributed by atoms with E-state index in [9.17, 15) is 0 Å². The van der Waals surface area contributed by atoms with Crippen molar-refractivity contribution in [3.63, 3.8) is 0 Å². The van der Waals surface area contributed by atoms with Crippen molar-refractivity contribution in [1.82, 2.24) is 0 Å². The zero-order valence-electron chi connectivity index (χ0n) is 3.06. The van der Waals surface area contributed by atoms with Crippen LogP contribution in [0.4, 0.5) is 0 Å². The number of hydrogen-bond acceptors (Lipinski definition) is 0. The Balaban J connectivity index is 0. The van der Waals surface area contributed by atoms with Crippen molar-refractivity contribution in [3.05, 3.63) is 0 Å². The van der Waals surface area contributed by atoms with Crippen molar-refractivity contribution < 1.29 is 19.9 Å². The minimum Gasteiger partial charge on any atom is -1.00 e. The van der Waals surface area contributed by atoms with Gasteiger partial charge in [-0.25, -0.2) is 0 Å². The molecule has 0 saturated carbocycles. The van der Waals surface area contributed by atoms with E-state index in [0.29, 0.717) is 0 Å². The average molecular weight is 146 g/mol. The van der Waals surface area contributed by atoms with Gasteiger partial charge in [-0.1, -0.05) is 0 Å². The van der Waals surface area contributed by atoms with Crippen LogP contribution in [0.3, 0.4) is 0 Å². The normalized spacial score (nSPS) is 0. The summed E-state index contributed by atoms with van der Waals surface area (Å²) in [4.78, 5) is 0. The number of rotatable bonds is 0. The van der Waals surface area contributed by atoms with Gasteiger partial charge in [0.05, 0.1) is 0 Å². The molecule has 4 heavy (non-hydrogen) atoms. The molecule has 0 nitrogen and oxygen atoms in total. The number of hydrogen-bond donors (Lipinski definition) is 0. The molecule has 0 aliphatic rings. The van der Waals surface area contributed by atoms with Crippen LogP contribution < -0.4 is 0 Å². The first-order valence-electron chi connectivity index (χ1n) is 0. The molecule has 0 aromatic carbocycles. The topological polar surface area (TPSA) is 0 Å². The molecule has 0 N–H and O–H groups in total. The molecule has 0 radical (unpaired) electrons. The molecule has 0 unspecified atom stereocenters. The van der Waals surface area contributed by atoms with Crippen molar-refractivity contribution in [2.75, 3.05) is 0 Å². The largest absolute Gasteiger partial charge is 2.00 e. The minimum atomic E-state index is 0. The summed E-state index contributed by atoms with van der Waals surface area (Å²) in [7, 11) is 0. The molecular weight excluding hydrogens is 136 g/mol. The van der Waals surface area contributed by atoms with Crippen molar-refractivity contribution in [2.24, 2.45) is 0 Å². The van der Waals surface area contributed by atoms with Crippen LogP contribution >= 0.6 is 0 Å². The predicted molar refractivity (Wildman–Crippen MR) is 30.6 cm³/mol. The molecular formula is H10FeMgSi2. The first-order chi connectivity index (χ1) is 0. The van der Waals surface area contributed by atoms with Gasteiger partial charge in [-0.15, -0.1) is 0 Å². The van der Waals surface area contributed by atoms with Crippen LogP contribution in [0.2, 0.25) is 0 Å². The van der Waals surface area contributed by atoms with Crippen molar-refractivity contribution in [3.8, 4) is 0 Å². The van der Waals surface area contributed by atoms with Crippen LogP contribution in [-0.2, 0) is 17.1 Å². The molecule has 0 aliphatic carbocycles. The molecule has 0 bridgehead atoms. The fourth-order valence-corrected chi connectivity index (χ4v) is 0. The first-order valence-corrected chi connectivity index (χ1v) is 0. The third kappa shape index (κ3) is 9.30. The Morgan fingerprint density at radius 1 is 1.00 bits per heavy atom. The van der Waals surface area contributed by atoms with Gasteiger partial charge in [-0.3, -0.25) is 0 Å². The molecule has 0 aromatic rings. The summed E-state index contributed by atoms with van der Waals surface area (Å²) >= 11 is 0. The molecule has 4 heteroatoms. The summed E-state index contributed by atoms with van der Waals surface area (Å²) in [6, 6.07) is 0. The second-order valence-corrected chi connectivity index (χ2v) is 0. The van der Waals surface area contributed by atoms with Crippen LogP contribution in [0.5, 0.6) is 0 Å². The Kier molecular flexibility index (Phi) is 238. The molecule has 0 spiro atoms. The SMILES string of the molecule is [Fe].[H-].[H-].[Mg+2].[SiH4].[SiH4]. The maximum atomic E-state index is 0.